The van der Waals surface area contributed by atoms with Crippen LogP contribution in [0.4, 0.5) is 22.7 Å². The van der Waals surface area contributed by atoms with Crippen molar-refractivity contribution in [3.63, 3.8) is 0 Å². The van der Waals surface area contributed by atoms with E-state index in [1.54, 1.807) is 6.08 Å². The lowest BCUT2D eigenvalue weighted by Gasteiger charge is -2.32. The van der Waals surface area contributed by atoms with Crippen LogP contribution < -0.4 is 20.3 Å². The summed E-state index contributed by atoms with van der Waals surface area (Å²) in [5.74, 6) is -0.0175. The number of fused-ring (bicyclic) bond motifs is 1. The Morgan fingerprint density at radius 3 is 2.24 bits per heavy atom. The number of hydrogen-bond acceptors (Lipinski definition) is 7. The molecule has 8 nitrogen and oxygen atoms in total. The van der Waals surface area contributed by atoms with Crippen molar-refractivity contribution in [2.24, 2.45) is 5.10 Å². The molecule has 1 N–H and O–H groups in total. The molecule has 2 heterocycles. The van der Waals surface area contributed by atoms with Gasteiger partial charge in [-0.1, -0.05) is 85.5 Å². The number of nitrogens with zero attached hydrogens (tertiary/aromatic N) is 4. The maximum atomic E-state index is 13.3. The molecule has 0 saturated carbocycles. The summed E-state index contributed by atoms with van der Waals surface area (Å²) >= 11 is 0. The van der Waals surface area contributed by atoms with Crippen LogP contribution in [0.1, 0.15) is 24.5 Å². The Morgan fingerprint density at radius 1 is 0.918 bits per heavy atom. The lowest BCUT2D eigenvalue weighted by molar-refractivity contribution is -0.300. The van der Waals surface area contributed by atoms with Gasteiger partial charge in [-0.2, -0.15) is 5.01 Å². The topological polar surface area (TPSA) is 69.6 Å². The van der Waals surface area contributed by atoms with Crippen molar-refractivity contribution >= 4 is 40.6 Å². The minimum atomic E-state index is -0.274. The largest absolute Gasteiger partial charge is 0.342 e. The number of benzene rings is 4. The summed E-state index contributed by atoms with van der Waals surface area (Å²) in [5, 5.41) is 5.73. The first-order chi connectivity index (χ1) is 24.1. The lowest BCUT2D eigenvalue weighted by atomic mass is 9.98. The number of carbonyl (C=O) groups is 1. The molecule has 0 aliphatic carbocycles. The Balaban J connectivity index is 1.19. The molecule has 4 aromatic rings. The number of hydroxylamine groups is 1. The molecule has 2 aliphatic rings. The molecule has 0 bridgehead atoms. The van der Waals surface area contributed by atoms with Crippen molar-refractivity contribution in [1.29, 1.82) is 0 Å². The van der Waals surface area contributed by atoms with Crippen molar-refractivity contribution < 1.29 is 14.7 Å². The molecule has 0 fully saturated rings. The third-order valence-corrected chi connectivity index (χ3v) is 8.24. The lowest BCUT2D eigenvalue weighted by Crippen LogP contribution is -2.28. The molecule has 2 aliphatic heterocycles. The second-order valence-electron chi connectivity index (χ2n) is 11.4. The fourth-order valence-electron chi connectivity index (χ4n) is 5.94. The van der Waals surface area contributed by atoms with E-state index in [2.05, 4.69) is 99.5 Å². The van der Waals surface area contributed by atoms with Crippen LogP contribution in [0.2, 0.25) is 0 Å². The number of allylic oxidation sites excluding steroid dienone is 5. The second kappa shape index (κ2) is 15.8. The smallest absolute Gasteiger partial charge is 0.282 e. The zero-order valence-electron chi connectivity index (χ0n) is 27.7. The zero-order valence-corrected chi connectivity index (χ0v) is 27.7. The van der Waals surface area contributed by atoms with Crippen LogP contribution in [0.15, 0.2) is 168 Å². The Hall–Kier alpha value is -5.96. The number of para-hydroxylation sites is 3. The SMILES string of the molecule is C=C(/C=C\C(=C/C)N1CCCc2cc(/C=C/C=C3\C(=O)N(c4ccccc4)N=C3NOOC)ccc21)N(c1ccccc1)c1ccccc1. The van der Waals surface area contributed by atoms with Crippen molar-refractivity contribution in [3.8, 4) is 0 Å². The number of rotatable bonds is 11. The van der Waals surface area contributed by atoms with Gasteiger partial charge < -0.3 is 9.80 Å². The van der Waals surface area contributed by atoms with Gasteiger partial charge in [0.05, 0.1) is 18.4 Å². The van der Waals surface area contributed by atoms with Gasteiger partial charge in [-0.05, 0) is 97.7 Å². The molecule has 0 unspecified atom stereocenters. The maximum Gasteiger partial charge on any atom is 0.282 e. The van der Waals surface area contributed by atoms with Crippen LogP contribution in [0.3, 0.4) is 0 Å². The minimum absolute atomic E-state index is 0.256. The number of nitrogens with one attached hydrogen (secondary N) is 1. The van der Waals surface area contributed by atoms with Gasteiger partial charge in [0.15, 0.2) is 5.84 Å². The van der Waals surface area contributed by atoms with Crippen LogP contribution in [0.5, 0.6) is 0 Å². The fourth-order valence-corrected chi connectivity index (χ4v) is 5.94. The summed E-state index contributed by atoms with van der Waals surface area (Å²) in [5.41, 5.74) is 11.2. The Morgan fingerprint density at radius 2 is 1.59 bits per heavy atom. The maximum absolute atomic E-state index is 13.3. The third-order valence-electron chi connectivity index (χ3n) is 8.24. The van der Waals surface area contributed by atoms with Gasteiger partial charge in [-0.3, -0.25) is 4.79 Å². The molecule has 8 heteroatoms. The summed E-state index contributed by atoms with van der Waals surface area (Å²) < 4.78 is 0. The Kier molecular flexibility index (Phi) is 10.6. The summed E-state index contributed by atoms with van der Waals surface area (Å²) in [6.45, 7) is 7.44. The van der Waals surface area contributed by atoms with Crippen LogP contribution in [0.25, 0.3) is 6.08 Å². The van der Waals surface area contributed by atoms with Gasteiger partial charge in [0.1, 0.15) is 0 Å². The van der Waals surface area contributed by atoms with E-state index in [-0.39, 0.29) is 11.7 Å². The van der Waals surface area contributed by atoms with E-state index in [4.69, 9.17) is 4.99 Å². The number of amidine groups is 1. The monoisotopic (exact) mass is 649 g/mol. The van der Waals surface area contributed by atoms with E-state index in [9.17, 15) is 4.79 Å². The average molecular weight is 650 g/mol. The molecule has 6 rings (SSSR count). The summed E-state index contributed by atoms with van der Waals surface area (Å²) in [7, 11) is 1.37. The van der Waals surface area contributed by atoms with E-state index in [1.165, 1.54) is 23.4 Å². The van der Waals surface area contributed by atoms with E-state index in [0.29, 0.717) is 11.3 Å². The summed E-state index contributed by atoms with van der Waals surface area (Å²) in [4.78, 5) is 27.4. The molecule has 0 aromatic heterocycles. The quantitative estimate of drug-likeness (QED) is 0.0760. The van der Waals surface area contributed by atoms with E-state index >= 15 is 0 Å². The highest BCUT2D eigenvalue weighted by Gasteiger charge is 2.31. The van der Waals surface area contributed by atoms with E-state index < -0.39 is 0 Å². The van der Waals surface area contributed by atoms with Crippen LogP contribution in [-0.4, -0.2) is 25.4 Å². The highest BCUT2D eigenvalue weighted by Crippen LogP contribution is 2.33. The van der Waals surface area contributed by atoms with Gasteiger partial charge in [-0.15, -0.1) is 10.1 Å². The Bertz CT molecular complexity index is 1890. The first kappa shape index (κ1) is 33.0. The highest BCUT2D eigenvalue weighted by atomic mass is 17.3. The number of carbonyl (C=O) groups excluding carboxylic acids is 1. The van der Waals surface area contributed by atoms with Crippen molar-refractivity contribution in [1.82, 2.24) is 5.48 Å². The zero-order chi connectivity index (χ0) is 34.0. The number of aryl methyl sites for hydroxylation is 1. The summed E-state index contributed by atoms with van der Waals surface area (Å²) in [6, 6.07) is 36.3. The van der Waals surface area contributed by atoms with Crippen molar-refractivity contribution in [2.75, 3.05) is 28.5 Å². The molecule has 246 valence electrons. The van der Waals surface area contributed by atoms with Crippen LogP contribution >= 0.6 is 0 Å². The van der Waals surface area contributed by atoms with Crippen LogP contribution in [-0.2, 0) is 21.1 Å². The first-order valence-electron chi connectivity index (χ1n) is 16.2. The van der Waals surface area contributed by atoms with Gasteiger partial charge >= 0.3 is 0 Å². The molecular formula is C41H39N5O3. The standard InChI is InChI=1S/C41H39N5O3/c1-4-34(27-25-31(2)45(35-18-8-5-9-19-35)36-20-10-6-11-21-36)44-29-15-17-33-30-32(26-28-39(33)44)16-14-24-38-40(43-49-48-3)42-46(41(38)47)37-22-12-7-13-23-37/h4-14,16,18-28,30H,2,15,17,29H2,1,3H3,(H,42,43)/b16-14+,27-25-,34-4+,38-24-. The number of hydrazone groups is 1. The van der Waals surface area contributed by atoms with E-state index in [0.717, 1.165) is 47.7 Å². The van der Waals surface area contributed by atoms with Gasteiger partial charge in [-0.25, -0.2) is 10.4 Å². The normalized spacial score (nSPS) is 15.6. The highest BCUT2D eigenvalue weighted by molar-refractivity contribution is 6.29. The van der Waals surface area contributed by atoms with Gasteiger partial charge in [0, 0.05) is 35.0 Å². The van der Waals surface area contributed by atoms with E-state index in [1.807, 2.05) is 78.9 Å². The van der Waals surface area contributed by atoms with Crippen molar-refractivity contribution in [3.05, 3.63) is 174 Å². The predicted molar refractivity (Wildman–Crippen MR) is 199 cm³/mol. The average Bonchev–Trinajstić information content (AvgIpc) is 3.46. The second-order valence-corrected chi connectivity index (χ2v) is 11.4. The Labute approximate surface area is 287 Å². The third kappa shape index (κ3) is 7.62. The molecule has 0 spiro atoms. The van der Waals surface area contributed by atoms with Gasteiger partial charge in [0.2, 0.25) is 0 Å². The fraction of sp³-hybridized carbons (Fsp3) is 0.122. The number of hydrogen-bond donors (Lipinski definition) is 1. The first-order valence-corrected chi connectivity index (χ1v) is 16.2. The minimum Gasteiger partial charge on any atom is -0.342 e. The molecular weight excluding hydrogens is 610 g/mol. The molecule has 0 radical (unpaired) electrons. The molecule has 0 atom stereocenters. The predicted octanol–water partition coefficient (Wildman–Crippen LogP) is 8.63. The summed E-state index contributed by atoms with van der Waals surface area (Å²) in [6.07, 6.45) is 14.0. The van der Waals surface area contributed by atoms with Crippen LogP contribution in [0, 0.1) is 0 Å². The number of amides is 1. The molecule has 49 heavy (non-hydrogen) atoms. The van der Waals surface area contributed by atoms with Gasteiger partial charge in [0.25, 0.3) is 5.91 Å². The molecule has 0 saturated heterocycles. The van der Waals surface area contributed by atoms with Crippen molar-refractivity contribution in [2.45, 2.75) is 19.8 Å². The molecule has 1 amide bonds. The molecule has 4 aromatic carbocycles. The number of anilines is 4.